The zero-order chi connectivity index (χ0) is 15.0. The van der Waals surface area contributed by atoms with Crippen LogP contribution in [0, 0.1) is 5.92 Å². The maximum atomic E-state index is 3.85. The number of fused-ring (bicyclic) bond motifs is 1. The molecule has 0 aromatic heterocycles. The molecule has 3 rings (SSSR count). The second kappa shape index (κ2) is 6.17. The van der Waals surface area contributed by atoms with Gasteiger partial charge < -0.3 is 5.32 Å². The molecular weight excluding hydrogens is 258 g/mol. The van der Waals surface area contributed by atoms with Gasteiger partial charge in [0.25, 0.3) is 0 Å². The fourth-order valence-corrected chi connectivity index (χ4v) is 4.87. The highest BCUT2D eigenvalue weighted by molar-refractivity contribution is 5.03. The molecule has 3 heterocycles. The van der Waals surface area contributed by atoms with Gasteiger partial charge in [0, 0.05) is 43.3 Å². The van der Waals surface area contributed by atoms with Crippen molar-refractivity contribution in [1.29, 1.82) is 0 Å². The van der Waals surface area contributed by atoms with Crippen LogP contribution in [-0.2, 0) is 0 Å². The Morgan fingerprint density at radius 3 is 2.67 bits per heavy atom. The van der Waals surface area contributed by atoms with Gasteiger partial charge in [-0.15, -0.1) is 0 Å². The van der Waals surface area contributed by atoms with E-state index < -0.39 is 0 Å². The molecular formula is C18H35N3. The lowest BCUT2D eigenvalue weighted by Crippen LogP contribution is -2.67. The largest absolute Gasteiger partial charge is 0.309 e. The average Bonchev–Trinajstić information content (AvgIpc) is 2.90. The molecule has 0 saturated carbocycles. The minimum Gasteiger partial charge on any atom is -0.309 e. The second-order valence-electron chi connectivity index (χ2n) is 8.23. The molecule has 0 bridgehead atoms. The van der Waals surface area contributed by atoms with Gasteiger partial charge >= 0.3 is 0 Å². The summed E-state index contributed by atoms with van der Waals surface area (Å²) in [5.74, 6) is 0.747. The second-order valence-corrected chi connectivity index (χ2v) is 8.23. The summed E-state index contributed by atoms with van der Waals surface area (Å²) < 4.78 is 0. The summed E-state index contributed by atoms with van der Waals surface area (Å²) in [5, 5.41) is 3.85. The third-order valence-electron chi connectivity index (χ3n) is 6.49. The van der Waals surface area contributed by atoms with Crippen LogP contribution in [0.3, 0.4) is 0 Å². The number of piperazine rings is 1. The molecule has 3 aliphatic heterocycles. The Bertz CT molecular complexity index is 356. The first-order chi connectivity index (χ1) is 10.0. The van der Waals surface area contributed by atoms with E-state index in [4.69, 9.17) is 0 Å². The molecule has 1 N–H and O–H groups in total. The summed E-state index contributed by atoms with van der Waals surface area (Å²) in [7, 11) is 0. The molecule has 4 unspecified atom stereocenters. The van der Waals surface area contributed by atoms with Crippen LogP contribution < -0.4 is 5.32 Å². The number of hydrogen-bond donors (Lipinski definition) is 1. The van der Waals surface area contributed by atoms with Crippen molar-refractivity contribution in [2.75, 3.05) is 26.2 Å². The van der Waals surface area contributed by atoms with Gasteiger partial charge in [0.1, 0.15) is 0 Å². The van der Waals surface area contributed by atoms with E-state index >= 15 is 0 Å². The Morgan fingerprint density at radius 1 is 1.14 bits per heavy atom. The summed E-state index contributed by atoms with van der Waals surface area (Å²) >= 11 is 0. The minimum absolute atomic E-state index is 0.313. The van der Waals surface area contributed by atoms with Crippen LogP contribution in [0.15, 0.2) is 0 Å². The average molecular weight is 293 g/mol. The molecule has 3 fully saturated rings. The topological polar surface area (TPSA) is 18.5 Å². The monoisotopic (exact) mass is 293 g/mol. The van der Waals surface area contributed by atoms with Gasteiger partial charge in [0.15, 0.2) is 0 Å². The lowest BCUT2D eigenvalue weighted by molar-refractivity contribution is 0.00583. The van der Waals surface area contributed by atoms with E-state index in [-0.39, 0.29) is 0 Å². The highest BCUT2D eigenvalue weighted by Crippen LogP contribution is 2.35. The number of rotatable bonds is 3. The fourth-order valence-electron chi connectivity index (χ4n) is 4.87. The Hall–Kier alpha value is -0.120. The Kier molecular flexibility index (Phi) is 4.63. The summed E-state index contributed by atoms with van der Waals surface area (Å²) in [4.78, 5) is 5.71. The van der Waals surface area contributed by atoms with E-state index in [0.717, 1.165) is 24.0 Å². The molecule has 3 heteroatoms. The van der Waals surface area contributed by atoms with Crippen LogP contribution in [-0.4, -0.2) is 59.6 Å². The van der Waals surface area contributed by atoms with Crippen molar-refractivity contribution < 1.29 is 0 Å². The SMILES string of the molecule is CCC1(C)CN(C2CCN3CCCCC23)C(C(C)C)CN1. The van der Waals surface area contributed by atoms with Crippen molar-refractivity contribution >= 4 is 0 Å². The molecule has 3 nitrogen and oxygen atoms in total. The van der Waals surface area contributed by atoms with Crippen molar-refractivity contribution in [3.05, 3.63) is 0 Å². The van der Waals surface area contributed by atoms with Crippen LogP contribution in [0.2, 0.25) is 0 Å². The highest BCUT2D eigenvalue weighted by Gasteiger charge is 2.45. The molecule has 122 valence electrons. The molecule has 0 spiro atoms. The summed E-state index contributed by atoms with van der Waals surface area (Å²) in [5.41, 5.74) is 0.313. The van der Waals surface area contributed by atoms with Crippen molar-refractivity contribution in [1.82, 2.24) is 15.1 Å². The molecule has 21 heavy (non-hydrogen) atoms. The van der Waals surface area contributed by atoms with E-state index in [1.165, 1.54) is 58.3 Å². The quantitative estimate of drug-likeness (QED) is 0.863. The Balaban J connectivity index is 1.78. The lowest BCUT2D eigenvalue weighted by Gasteiger charge is -2.51. The lowest BCUT2D eigenvalue weighted by atomic mass is 9.86. The fraction of sp³-hybridized carbons (Fsp3) is 1.00. The van der Waals surface area contributed by atoms with Crippen LogP contribution in [0.4, 0.5) is 0 Å². The molecule has 0 amide bonds. The maximum Gasteiger partial charge on any atom is 0.0278 e. The normalized spacial score (nSPS) is 42.4. The number of nitrogens with one attached hydrogen (secondary N) is 1. The van der Waals surface area contributed by atoms with E-state index in [9.17, 15) is 0 Å². The Labute approximate surface area is 131 Å². The Morgan fingerprint density at radius 2 is 1.95 bits per heavy atom. The number of piperidine rings is 1. The molecule has 3 saturated heterocycles. The molecule has 3 aliphatic rings. The van der Waals surface area contributed by atoms with Crippen LogP contribution >= 0.6 is 0 Å². The predicted molar refractivity (Wildman–Crippen MR) is 89.6 cm³/mol. The molecule has 4 atom stereocenters. The first kappa shape index (κ1) is 15.8. The van der Waals surface area contributed by atoms with Crippen LogP contribution in [0.5, 0.6) is 0 Å². The van der Waals surface area contributed by atoms with Crippen molar-refractivity contribution in [3.8, 4) is 0 Å². The first-order valence-electron chi connectivity index (χ1n) is 9.29. The van der Waals surface area contributed by atoms with Gasteiger partial charge in [-0.25, -0.2) is 0 Å². The van der Waals surface area contributed by atoms with Gasteiger partial charge in [-0.2, -0.15) is 0 Å². The zero-order valence-corrected chi connectivity index (χ0v) is 14.6. The molecule has 0 aromatic rings. The zero-order valence-electron chi connectivity index (χ0n) is 14.6. The third-order valence-corrected chi connectivity index (χ3v) is 6.49. The van der Waals surface area contributed by atoms with E-state index in [1.807, 2.05) is 0 Å². The predicted octanol–water partition coefficient (Wildman–Crippen LogP) is 2.71. The smallest absolute Gasteiger partial charge is 0.0278 e. The van der Waals surface area contributed by atoms with Crippen LogP contribution in [0.1, 0.15) is 59.8 Å². The van der Waals surface area contributed by atoms with Gasteiger partial charge in [-0.1, -0.05) is 27.2 Å². The van der Waals surface area contributed by atoms with E-state index in [2.05, 4.69) is 42.8 Å². The number of nitrogens with zero attached hydrogens (tertiary/aromatic N) is 2. The van der Waals surface area contributed by atoms with Crippen LogP contribution in [0.25, 0.3) is 0 Å². The molecule has 0 aliphatic carbocycles. The number of hydrogen-bond acceptors (Lipinski definition) is 3. The standard InChI is InChI=1S/C18H35N3/c1-5-18(4)13-21(17(12-19-18)14(2)3)16-9-11-20-10-7-6-8-15(16)20/h14-17,19H,5-13H2,1-4H3. The molecule has 0 aromatic carbocycles. The van der Waals surface area contributed by atoms with Gasteiger partial charge in [-0.3, -0.25) is 9.80 Å². The van der Waals surface area contributed by atoms with Crippen molar-refractivity contribution in [2.45, 2.75) is 83.5 Å². The van der Waals surface area contributed by atoms with Crippen molar-refractivity contribution in [2.24, 2.45) is 5.92 Å². The van der Waals surface area contributed by atoms with E-state index in [0.29, 0.717) is 5.54 Å². The first-order valence-corrected chi connectivity index (χ1v) is 9.29. The third kappa shape index (κ3) is 3.02. The molecule has 0 radical (unpaired) electrons. The summed E-state index contributed by atoms with van der Waals surface area (Å²) in [6.45, 7) is 14.7. The maximum absolute atomic E-state index is 3.85. The summed E-state index contributed by atoms with van der Waals surface area (Å²) in [6.07, 6.45) is 6.93. The van der Waals surface area contributed by atoms with Gasteiger partial charge in [-0.05, 0) is 45.1 Å². The summed E-state index contributed by atoms with van der Waals surface area (Å²) in [6, 6.07) is 2.38. The van der Waals surface area contributed by atoms with E-state index in [1.54, 1.807) is 0 Å². The van der Waals surface area contributed by atoms with Gasteiger partial charge in [0.2, 0.25) is 0 Å². The highest BCUT2D eigenvalue weighted by atomic mass is 15.3. The minimum atomic E-state index is 0.313. The van der Waals surface area contributed by atoms with Crippen molar-refractivity contribution in [3.63, 3.8) is 0 Å². The van der Waals surface area contributed by atoms with Gasteiger partial charge in [0.05, 0.1) is 0 Å².